The van der Waals surface area contributed by atoms with E-state index in [1.807, 2.05) is 0 Å². The Morgan fingerprint density at radius 2 is 2.17 bits per heavy atom. The Morgan fingerprint density at radius 3 is 2.78 bits per heavy atom. The fourth-order valence-corrected chi connectivity index (χ4v) is 2.12. The van der Waals surface area contributed by atoms with Crippen LogP contribution in [-0.4, -0.2) is 20.6 Å². The first-order valence-corrected chi connectivity index (χ1v) is 6.72. The van der Waals surface area contributed by atoms with E-state index in [1.165, 1.54) is 25.1 Å². The van der Waals surface area contributed by atoms with Gasteiger partial charge in [-0.25, -0.2) is 8.78 Å². The molecule has 0 radical (unpaired) electrons. The van der Waals surface area contributed by atoms with Crippen molar-refractivity contribution in [3.05, 3.63) is 50.8 Å². The smallest absolute Gasteiger partial charge is 0.294 e. The van der Waals surface area contributed by atoms with Crippen LogP contribution in [0.4, 0.5) is 20.2 Å². The summed E-state index contributed by atoms with van der Waals surface area (Å²) < 4.78 is 26.5. The van der Waals surface area contributed by atoms with Gasteiger partial charge in [0.05, 0.1) is 10.6 Å². The van der Waals surface area contributed by atoms with Crippen molar-refractivity contribution in [1.82, 2.24) is 9.78 Å². The summed E-state index contributed by atoms with van der Waals surface area (Å²) in [6.45, 7) is 1.03. The quantitative estimate of drug-likeness (QED) is 0.665. The third-order valence-electron chi connectivity index (χ3n) is 2.88. The number of benzene rings is 1. The lowest BCUT2D eigenvalue weighted by Gasteiger charge is -2.08. The van der Waals surface area contributed by atoms with E-state index in [1.54, 1.807) is 0 Å². The van der Waals surface area contributed by atoms with Crippen molar-refractivity contribution in [1.29, 1.82) is 0 Å². The van der Waals surface area contributed by atoms with E-state index < -0.39 is 35.2 Å². The SMILES string of the molecule is Cc1cc(C(F)F)n(CC(=O)Nc2ccc(Cl)cc2[N+](=O)[O-])n1. The summed E-state index contributed by atoms with van der Waals surface area (Å²) >= 11 is 5.67. The molecule has 0 saturated carbocycles. The zero-order valence-electron chi connectivity index (χ0n) is 11.8. The Kier molecular flexibility index (Phi) is 4.89. The lowest BCUT2D eigenvalue weighted by atomic mass is 10.2. The molecular weight excluding hydrogens is 334 g/mol. The first kappa shape index (κ1) is 16.8. The molecule has 122 valence electrons. The van der Waals surface area contributed by atoms with Crippen LogP contribution in [0, 0.1) is 17.0 Å². The molecule has 2 aromatic rings. The average molecular weight is 345 g/mol. The number of amides is 1. The minimum atomic E-state index is -2.78. The summed E-state index contributed by atoms with van der Waals surface area (Å²) in [4.78, 5) is 22.2. The van der Waals surface area contributed by atoms with E-state index in [2.05, 4.69) is 10.4 Å². The molecule has 0 aliphatic rings. The Morgan fingerprint density at radius 1 is 1.48 bits per heavy atom. The van der Waals surface area contributed by atoms with Gasteiger partial charge in [0.15, 0.2) is 0 Å². The number of carbonyl (C=O) groups excluding carboxylic acids is 1. The first-order valence-electron chi connectivity index (χ1n) is 6.34. The van der Waals surface area contributed by atoms with E-state index in [0.717, 1.165) is 10.7 Å². The van der Waals surface area contributed by atoms with Crippen LogP contribution in [0.5, 0.6) is 0 Å². The van der Waals surface area contributed by atoms with Crippen LogP contribution in [0.2, 0.25) is 5.02 Å². The van der Waals surface area contributed by atoms with E-state index in [0.29, 0.717) is 5.69 Å². The zero-order chi connectivity index (χ0) is 17.1. The zero-order valence-corrected chi connectivity index (χ0v) is 12.6. The number of nitro benzene ring substituents is 1. The van der Waals surface area contributed by atoms with Gasteiger partial charge in [0, 0.05) is 11.1 Å². The predicted octanol–water partition coefficient (Wildman–Crippen LogP) is 3.33. The number of rotatable bonds is 5. The summed E-state index contributed by atoms with van der Waals surface area (Å²) in [5, 5.41) is 17.2. The topological polar surface area (TPSA) is 90.1 Å². The lowest BCUT2D eigenvalue weighted by molar-refractivity contribution is -0.383. The van der Waals surface area contributed by atoms with Crippen LogP contribution in [0.1, 0.15) is 17.8 Å². The highest BCUT2D eigenvalue weighted by Crippen LogP contribution is 2.28. The van der Waals surface area contributed by atoms with Crippen molar-refractivity contribution >= 4 is 28.9 Å². The lowest BCUT2D eigenvalue weighted by Crippen LogP contribution is -2.21. The number of nitrogens with zero attached hydrogens (tertiary/aromatic N) is 3. The normalized spacial score (nSPS) is 10.8. The van der Waals surface area contributed by atoms with Gasteiger partial charge in [-0.05, 0) is 25.1 Å². The second kappa shape index (κ2) is 6.69. The van der Waals surface area contributed by atoms with Gasteiger partial charge in [0.2, 0.25) is 5.91 Å². The number of hydrogen-bond acceptors (Lipinski definition) is 4. The second-order valence-corrected chi connectivity index (χ2v) is 5.07. The number of nitrogens with one attached hydrogen (secondary N) is 1. The summed E-state index contributed by atoms with van der Waals surface area (Å²) in [6.07, 6.45) is -2.78. The van der Waals surface area contributed by atoms with Crippen molar-refractivity contribution in [3.63, 3.8) is 0 Å². The highest BCUT2D eigenvalue weighted by molar-refractivity contribution is 6.31. The maximum absolute atomic E-state index is 12.8. The molecule has 0 bridgehead atoms. The highest BCUT2D eigenvalue weighted by Gasteiger charge is 2.20. The standard InChI is InChI=1S/C13H11ClF2N4O3/c1-7-4-11(13(15)16)19(18-7)6-12(21)17-9-3-2-8(14)5-10(9)20(22)23/h2-5,13H,6H2,1H3,(H,17,21). The maximum Gasteiger partial charge on any atom is 0.294 e. The molecule has 1 aromatic carbocycles. The summed E-state index contributed by atoms with van der Waals surface area (Å²) in [7, 11) is 0. The maximum atomic E-state index is 12.8. The van der Waals surface area contributed by atoms with E-state index in [4.69, 9.17) is 11.6 Å². The highest BCUT2D eigenvalue weighted by atomic mass is 35.5. The van der Waals surface area contributed by atoms with Gasteiger partial charge in [-0.1, -0.05) is 11.6 Å². The third-order valence-corrected chi connectivity index (χ3v) is 3.12. The fourth-order valence-electron chi connectivity index (χ4n) is 1.96. The molecule has 0 atom stereocenters. The van der Waals surface area contributed by atoms with Gasteiger partial charge in [0.25, 0.3) is 12.1 Å². The average Bonchev–Trinajstić information content (AvgIpc) is 2.81. The number of hydrogen-bond donors (Lipinski definition) is 1. The van der Waals surface area contributed by atoms with Crippen LogP contribution < -0.4 is 5.32 Å². The largest absolute Gasteiger partial charge is 0.319 e. The van der Waals surface area contributed by atoms with Gasteiger partial charge in [0.1, 0.15) is 17.9 Å². The van der Waals surface area contributed by atoms with Crippen molar-refractivity contribution in [3.8, 4) is 0 Å². The number of aromatic nitrogens is 2. The molecule has 10 heteroatoms. The molecule has 1 amide bonds. The fraction of sp³-hybridized carbons (Fsp3) is 0.231. The Bertz CT molecular complexity index is 764. The van der Waals surface area contributed by atoms with Crippen LogP contribution in [-0.2, 0) is 11.3 Å². The number of carbonyl (C=O) groups is 1. The molecule has 0 saturated heterocycles. The molecular formula is C13H11ClF2N4O3. The van der Waals surface area contributed by atoms with Gasteiger partial charge >= 0.3 is 0 Å². The van der Waals surface area contributed by atoms with E-state index in [-0.39, 0.29) is 10.7 Å². The molecule has 0 spiro atoms. The molecule has 1 heterocycles. The number of alkyl halides is 2. The molecule has 0 unspecified atom stereocenters. The molecule has 2 rings (SSSR count). The monoisotopic (exact) mass is 344 g/mol. The van der Waals surface area contributed by atoms with Crippen molar-refractivity contribution in [2.45, 2.75) is 19.9 Å². The van der Waals surface area contributed by atoms with Crippen LogP contribution in [0.3, 0.4) is 0 Å². The molecule has 7 nitrogen and oxygen atoms in total. The predicted molar refractivity (Wildman–Crippen MR) is 78.7 cm³/mol. The number of halogens is 3. The Hall–Kier alpha value is -2.55. The molecule has 0 aliphatic heterocycles. The van der Waals surface area contributed by atoms with Crippen LogP contribution >= 0.6 is 11.6 Å². The summed E-state index contributed by atoms with van der Waals surface area (Å²) in [5.74, 6) is -0.722. The van der Waals surface area contributed by atoms with Gasteiger partial charge in [-0.15, -0.1) is 0 Å². The summed E-state index contributed by atoms with van der Waals surface area (Å²) in [6, 6.07) is 4.88. The minimum absolute atomic E-state index is 0.0770. The van der Waals surface area contributed by atoms with E-state index in [9.17, 15) is 23.7 Å². The first-order chi connectivity index (χ1) is 10.8. The van der Waals surface area contributed by atoms with Crippen molar-refractivity contribution in [2.24, 2.45) is 0 Å². The Balaban J connectivity index is 2.19. The molecule has 0 fully saturated rings. The third kappa shape index (κ3) is 4.01. The van der Waals surface area contributed by atoms with Crippen molar-refractivity contribution in [2.75, 3.05) is 5.32 Å². The second-order valence-electron chi connectivity index (χ2n) is 4.64. The molecule has 23 heavy (non-hydrogen) atoms. The van der Waals surface area contributed by atoms with Crippen molar-refractivity contribution < 1.29 is 18.5 Å². The van der Waals surface area contributed by atoms with Gasteiger partial charge in [-0.3, -0.25) is 19.6 Å². The van der Waals surface area contributed by atoms with Gasteiger partial charge in [-0.2, -0.15) is 5.10 Å². The summed E-state index contributed by atoms with van der Waals surface area (Å²) in [5.41, 5.74) is -0.530. The number of nitro groups is 1. The minimum Gasteiger partial charge on any atom is -0.319 e. The molecule has 0 aliphatic carbocycles. The molecule has 1 aromatic heterocycles. The van der Waals surface area contributed by atoms with Crippen LogP contribution in [0.25, 0.3) is 0 Å². The number of aryl methyl sites for hydroxylation is 1. The van der Waals surface area contributed by atoms with Crippen LogP contribution in [0.15, 0.2) is 24.3 Å². The van der Waals surface area contributed by atoms with Gasteiger partial charge < -0.3 is 5.32 Å². The number of anilines is 1. The molecule has 1 N–H and O–H groups in total. The van der Waals surface area contributed by atoms with E-state index >= 15 is 0 Å². The Labute approximate surface area is 134 Å².